The van der Waals surface area contributed by atoms with E-state index in [1.165, 1.54) is 20.2 Å². The molecule has 0 radical (unpaired) electrons. The maximum absolute atomic E-state index is 12.4. The van der Waals surface area contributed by atoms with E-state index in [1.54, 1.807) is 6.07 Å². The third-order valence-electron chi connectivity index (χ3n) is 5.30. The van der Waals surface area contributed by atoms with Gasteiger partial charge in [0.15, 0.2) is 0 Å². The standard InChI is InChI=1S/C19H24N4O4S/c1-21(2)28(25,26)18-8-7-15(27-18)13-22-11-9-14(10-12-22)23-17-6-4-3-5-16(17)20-19(23)24/h3-8,14H,9-13H2,1-2H3,(H,20,24). The van der Waals surface area contributed by atoms with Crippen LogP contribution in [0.2, 0.25) is 0 Å². The number of benzene rings is 1. The van der Waals surface area contributed by atoms with Gasteiger partial charge in [-0.05, 0) is 37.1 Å². The van der Waals surface area contributed by atoms with Gasteiger partial charge in [-0.25, -0.2) is 17.5 Å². The number of hydrogen-bond acceptors (Lipinski definition) is 5. The molecule has 0 aliphatic carbocycles. The van der Waals surface area contributed by atoms with Crippen molar-refractivity contribution in [1.82, 2.24) is 18.8 Å². The number of hydrogen-bond donors (Lipinski definition) is 1. The van der Waals surface area contributed by atoms with Crippen molar-refractivity contribution >= 4 is 21.1 Å². The van der Waals surface area contributed by atoms with Crippen LogP contribution in [0.1, 0.15) is 24.6 Å². The number of nitrogens with zero attached hydrogens (tertiary/aromatic N) is 3. The van der Waals surface area contributed by atoms with E-state index in [1.807, 2.05) is 28.8 Å². The molecule has 1 aliphatic heterocycles. The van der Waals surface area contributed by atoms with Crippen molar-refractivity contribution in [2.45, 2.75) is 30.5 Å². The predicted molar refractivity (Wildman–Crippen MR) is 106 cm³/mol. The highest BCUT2D eigenvalue weighted by Crippen LogP contribution is 2.26. The van der Waals surface area contributed by atoms with Gasteiger partial charge in [0, 0.05) is 33.2 Å². The topological polar surface area (TPSA) is 91.5 Å². The van der Waals surface area contributed by atoms with Crippen LogP contribution in [-0.4, -0.2) is 54.4 Å². The molecule has 1 aliphatic rings. The molecule has 28 heavy (non-hydrogen) atoms. The van der Waals surface area contributed by atoms with Crippen molar-refractivity contribution < 1.29 is 12.8 Å². The average molecular weight is 404 g/mol. The predicted octanol–water partition coefficient (Wildman–Crippen LogP) is 2.01. The maximum atomic E-state index is 12.4. The highest BCUT2D eigenvalue weighted by Gasteiger charge is 2.25. The molecule has 4 rings (SSSR count). The second kappa shape index (κ2) is 7.23. The van der Waals surface area contributed by atoms with Crippen LogP contribution in [0.15, 0.2) is 50.7 Å². The summed E-state index contributed by atoms with van der Waals surface area (Å²) >= 11 is 0. The number of imidazole rings is 1. The van der Waals surface area contributed by atoms with Crippen molar-refractivity contribution in [3.63, 3.8) is 0 Å². The lowest BCUT2D eigenvalue weighted by atomic mass is 10.0. The molecule has 0 spiro atoms. The summed E-state index contributed by atoms with van der Waals surface area (Å²) in [6, 6.07) is 11.1. The summed E-state index contributed by atoms with van der Waals surface area (Å²) in [4.78, 5) is 17.5. The largest absolute Gasteiger partial charge is 0.447 e. The number of H-pyrrole nitrogens is 1. The molecule has 3 aromatic rings. The highest BCUT2D eigenvalue weighted by atomic mass is 32.2. The van der Waals surface area contributed by atoms with Gasteiger partial charge in [0.2, 0.25) is 5.09 Å². The first kappa shape index (κ1) is 19.0. The van der Waals surface area contributed by atoms with Crippen LogP contribution < -0.4 is 5.69 Å². The molecule has 2 aromatic heterocycles. The number of piperidine rings is 1. The van der Waals surface area contributed by atoms with Crippen LogP contribution in [0, 0.1) is 0 Å². The second-order valence-corrected chi connectivity index (χ2v) is 9.42. The van der Waals surface area contributed by atoms with Crippen LogP contribution in [-0.2, 0) is 16.6 Å². The van der Waals surface area contributed by atoms with E-state index in [4.69, 9.17) is 4.42 Å². The minimum absolute atomic E-state index is 0.0345. The van der Waals surface area contributed by atoms with Gasteiger partial charge in [0.05, 0.1) is 17.6 Å². The van der Waals surface area contributed by atoms with E-state index in [2.05, 4.69) is 9.88 Å². The summed E-state index contributed by atoms with van der Waals surface area (Å²) in [5.74, 6) is 0.628. The van der Waals surface area contributed by atoms with Gasteiger partial charge >= 0.3 is 5.69 Å². The average Bonchev–Trinajstić information content (AvgIpc) is 3.26. The van der Waals surface area contributed by atoms with Crippen molar-refractivity contribution in [1.29, 1.82) is 0 Å². The fraction of sp³-hybridized carbons (Fsp3) is 0.421. The lowest BCUT2D eigenvalue weighted by molar-refractivity contribution is 0.166. The minimum Gasteiger partial charge on any atom is -0.447 e. The van der Waals surface area contributed by atoms with Gasteiger partial charge in [0.25, 0.3) is 10.0 Å². The molecule has 8 nitrogen and oxygen atoms in total. The molecule has 0 saturated carbocycles. The SMILES string of the molecule is CN(C)S(=O)(=O)c1ccc(CN2CCC(n3c(=O)[nH]c4ccccc43)CC2)o1. The van der Waals surface area contributed by atoms with Crippen molar-refractivity contribution in [3.05, 3.63) is 52.6 Å². The maximum Gasteiger partial charge on any atom is 0.326 e. The molecule has 0 bridgehead atoms. The van der Waals surface area contributed by atoms with Crippen LogP contribution >= 0.6 is 0 Å². The lowest BCUT2D eigenvalue weighted by Crippen LogP contribution is -2.36. The monoisotopic (exact) mass is 404 g/mol. The third kappa shape index (κ3) is 3.41. The van der Waals surface area contributed by atoms with Crippen molar-refractivity contribution in [2.24, 2.45) is 0 Å². The molecule has 150 valence electrons. The number of para-hydroxylation sites is 2. The van der Waals surface area contributed by atoms with Gasteiger partial charge in [-0.1, -0.05) is 12.1 Å². The first-order chi connectivity index (χ1) is 13.4. The Labute approximate surface area is 163 Å². The zero-order chi connectivity index (χ0) is 19.9. The fourth-order valence-electron chi connectivity index (χ4n) is 3.75. The summed E-state index contributed by atoms with van der Waals surface area (Å²) in [5, 5.41) is -0.0345. The fourth-order valence-corrected chi connectivity index (χ4v) is 4.57. The molecule has 1 saturated heterocycles. The van der Waals surface area contributed by atoms with Gasteiger partial charge in [0.1, 0.15) is 5.76 Å². The first-order valence-corrected chi connectivity index (χ1v) is 10.7. The second-order valence-electron chi connectivity index (χ2n) is 7.33. The van der Waals surface area contributed by atoms with Crippen LogP contribution in [0.3, 0.4) is 0 Å². The van der Waals surface area contributed by atoms with E-state index >= 15 is 0 Å². The summed E-state index contributed by atoms with van der Waals surface area (Å²) in [6.45, 7) is 2.18. The molecule has 1 N–H and O–H groups in total. The number of sulfonamides is 1. The smallest absolute Gasteiger partial charge is 0.326 e. The normalized spacial score (nSPS) is 17.0. The Morgan fingerprint density at radius 3 is 2.57 bits per heavy atom. The summed E-state index contributed by atoms with van der Waals surface area (Å²) < 4.78 is 32.8. The Balaban J connectivity index is 1.43. The Hall–Kier alpha value is -2.36. The van der Waals surface area contributed by atoms with E-state index in [0.717, 1.165) is 41.3 Å². The molecule has 1 aromatic carbocycles. The first-order valence-electron chi connectivity index (χ1n) is 9.29. The molecular formula is C19H24N4O4S. The number of likely N-dealkylation sites (tertiary alicyclic amines) is 1. The Bertz CT molecular complexity index is 1130. The van der Waals surface area contributed by atoms with Crippen LogP contribution in [0.5, 0.6) is 0 Å². The molecule has 0 amide bonds. The van der Waals surface area contributed by atoms with E-state index < -0.39 is 10.0 Å². The van der Waals surface area contributed by atoms with E-state index in [9.17, 15) is 13.2 Å². The third-order valence-corrected chi connectivity index (χ3v) is 6.99. The number of aromatic nitrogens is 2. The Morgan fingerprint density at radius 2 is 1.86 bits per heavy atom. The van der Waals surface area contributed by atoms with E-state index in [-0.39, 0.29) is 16.8 Å². The van der Waals surface area contributed by atoms with Crippen LogP contribution in [0.4, 0.5) is 0 Å². The summed E-state index contributed by atoms with van der Waals surface area (Å²) in [5.41, 5.74) is 1.74. The molecule has 3 heterocycles. The van der Waals surface area contributed by atoms with Gasteiger partial charge in [-0.15, -0.1) is 0 Å². The summed E-state index contributed by atoms with van der Waals surface area (Å²) in [6.07, 6.45) is 1.70. The number of rotatable bonds is 5. The lowest BCUT2D eigenvalue weighted by Gasteiger charge is -2.31. The number of furan rings is 1. The summed E-state index contributed by atoms with van der Waals surface area (Å²) in [7, 11) is -0.592. The van der Waals surface area contributed by atoms with Gasteiger partial charge < -0.3 is 9.40 Å². The van der Waals surface area contributed by atoms with E-state index in [0.29, 0.717) is 12.3 Å². The number of fused-ring (bicyclic) bond motifs is 1. The van der Waals surface area contributed by atoms with Gasteiger partial charge in [-0.3, -0.25) is 9.47 Å². The molecule has 0 unspecified atom stereocenters. The molecule has 1 fully saturated rings. The van der Waals surface area contributed by atoms with Crippen LogP contribution in [0.25, 0.3) is 11.0 Å². The minimum atomic E-state index is -3.55. The number of nitrogens with one attached hydrogen (secondary N) is 1. The molecule has 9 heteroatoms. The molecular weight excluding hydrogens is 380 g/mol. The Morgan fingerprint density at radius 1 is 1.14 bits per heavy atom. The zero-order valence-electron chi connectivity index (χ0n) is 16.0. The highest BCUT2D eigenvalue weighted by molar-refractivity contribution is 7.88. The molecule has 0 atom stereocenters. The van der Waals surface area contributed by atoms with Gasteiger partial charge in [-0.2, -0.15) is 0 Å². The Kier molecular flexibility index (Phi) is 4.90. The van der Waals surface area contributed by atoms with Crippen molar-refractivity contribution in [3.8, 4) is 0 Å². The number of aromatic amines is 1. The van der Waals surface area contributed by atoms with Crippen molar-refractivity contribution in [2.75, 3.05) is 27.2 Å². The zero-order valence-corrected chi connectivity index (χ0v) is 16.8. The quantitative estimate of drug-likeness (QED) is 0.702.